The molecule has 0 aromatic heterocycles. The van der Waals surface area contributed by atoms with Gasteiger partial charge in [0.1, 0.15) is 11.8 Å². The lowest BCUT2D eigenvalue weighted by Crippen LogP contribution is -2.45. The van der Waals surface area contributed by atoms with Gasteiger partial charge in [0, 0.05) is 6.42 Å². The van der Waals surface area contributed by atoms with E-state index in [1.54, 1.807) is 0 Å². The molecule has 0 radical (unpaired) electrons. The Labute approximate surface area is 59.3 Å². The van der Waals surface area contributed by atoms with Crippen molar-refractivity contribution in [3.05, 3.63) is 0 Å². The predicted octanol–water partition coefficient (Wildman–Crippen LogP) is -0.534. The zero-order valence-electron chi connectivity index (χ0n) is 6.09. The van der Waals surface area contributed by atoms with Gasteiger partial charge in [-0.2, -0.15) is 0 Å². The molecule has 1 unspecified atom stereocenters. The van der Waals surface area contributed by atoms with E-state index in [9.17, 15) is 9.59 Å². The Balaban J connectivity index is 4.08. The molecule has 0 aliphatic rings. The zero-order chi connectivity index (χ0) is 8.20. The molecule has 4 nitrogen and oxygen atoms in total. The van der Waals surface area contributed by atoms with Gasteiger partial charge in [0.05, 0.1) is 7.11 Å². The normalized spacial score (nSPS) is 15.5. The first-order chi connectivity index (χ1) is 4.54. The third kappa shape index (κ3) is 2.14. The number of methoxy groups -OCH3 is 1. The summed E-state index contributed by atoms with van der Waals surface area (Å²) in [6.07, 6.45) is 0.580. The van der Waals surface area contributed by atoms with Crippen LogP contribution in [0.2, 0.25) is 0 Å². The van der Waals surface area contributed by atoms with E-state index in [1.807, 2.05) is 0 Å². The maximum Gasteiger partial charge on any atom is 0.325 e. The standard InChI is InChI=1S/C6H11NO3/c1-6(7,3-4-8)5(9)10-2/h4H,3,7H2,1-2H3. The molecule has 0 saturated heterocycles. The number of ether oxygens (including phenoxy) is 1. The molecule has 10 heavy (non-hydrogen) atoms. The third-order valence-electron chi connectivity index (χ3n) is 1.16. The summed E-state index contributed by atoms with van der Waals surface area (Å²) >= 11 is 0. The topological polar surface area (TPSA) is 69.4 Å². The van der Waals surface area contributed by atoms with E-state index in [-0.39, 0.29) is 6.42 Å². The van der Waals surface area contributed by atoms with Gasteiger partial charge >= 0.3 is 5.97 Å². The van der Waals surface area contributed by atoms with Gasteiger partial charge in [-0.25, -0.2) is 0 Å². The van der Waals surface area contributed by atoms with Crippen molar-refractivity contribution in [1.29, 1.82) is 0 Å². The molecule has 0 fully saturated rings. The van der Waals surface area contributed by atoms with Gasteiger partial charge in [-0.15, -0.1) is 0 Å². The molecule has 58 valence electrons. The number of nitrogens with two attached hydrogens (primary N) is 1. The lowest BCUT2D eigenvalue weighted by molar-refractivity contribution is -0.147. The van der Waals surface area contributed by atoms with E-state index in [2.05, 4.69) is 4.74 Å². The second-order valence-electron chi connectivity index (χ2n) is 2.28. The third-order valence-corrected chi connectivity index (χ3v) is 1.16. The Kier molecular flexibility index (Phi) is 3.02. The Morgan fingerprint density at radius 2 is 2.30 bits per heavy atom. The van der Waals surface area contributed by atoms with E-state index in [4.69, 9.17) is 5.73 Å². The van der Waals surface area contributed by atoms with Crippen LogP contribution in [0, 0.1) is 0 Å². The van der Waals surface area contributed by atoms with Crippen molar-refractivity contribution in [2.75, 3.05) is 7.11 Å². The maximum atomic E-state index is 10.7. The van der Waals surface area contributed by atoms with E-state index in [1.165, 1.54) is 14.0 Å². The van der Waals surface area contributed by atoms with Crippen LogP contribution in [0.5, 0.6) is 0 Å². The minimum atomic E-state index is -1.17. The van der Waals surface area contributed by atoms with Gasteiger partial charge in [-0.1, -0.05) is 0 Å². The highest BCUT2D eigenvalue weighted by Crippen LogP contribution is 2.04. The Hall–Kier alpha value is -0.900. The summed E-state index contributed by atoms with van der Waals surface area (Å²) < 4.78 is 4.34. The highest BCUT2D eigenvalue weighted by molar-refractivity contribution is 5.82. The predicted molar refractivity (Wildman–Crippen MR) is 35.3 cm³/mol. The van der Waals surface area contributed by atoms with Gasteiger partial charge in [-0.05, 0) is 6.92 Å². The zero-order valence-corrected chi connectivity index (χ0v) is 6.09. The molecule has 4 heteroatoms. The van der Waals surface area contributed by atoms with Crippen LogP contribution in [0.4, 0.5) is 0 Å². The fourth-order valence-electron chi connectivity index (χ4n) is 0.490. The average molecular weight is 145 g/mol. The summed E-state index contributed by atoms with van der Waals surface area (Å²) in [5.74, 6) is -0.570. The first-order valence-corrected chi connectivity index (χ1v) is 2.85. The van der Waals surface area contributed by atoms with Crippen LogP contribution in [0.15, 0.2) is 0 Å². The van der Waals surface area contributed by atoms with Crippen LogP contribution in [0.25, 0.3) is 0 Å². The van der Waals surface area contributed by atoms with Crippen molar-refractivity contribution in [2.24, 2.45) is 5.73 Å². The lowest BCUT2D eigenvalue weighted by Gasteiger charge is -2.17. The second kappa shape index (κ2) is 3.31. The van der Waals surface area contributed by atoms with Crippen LogP contribution in [-0.4, -0.2) is 24.9 Å². The van der Waals surface area contributed by atoms with E-state index >= 15 is 0 Å². The average Bonchev–Trinajstić information content (AvgIpc) is 1.86. The molecule has 0 aliphatic carbocycles. The summed E-state index contributed by atoms with van der Waals surface area (Å²) in [5.41, 5.74) is 4.21. The highest BCUT2D eigenvalue weighted by Gasteiger charge is 2.28. The molecule has 0 aromatic carbocycles. The number of rotatable bonds is 3. The van der Waals surface area contributed by atoms with Crippen molar-refractivity contribution < 1.29 is 14.3 Å². The van der Waals surface area contributed by atoms with Crippen molar-refractivity contribution in [2.45, 2.75) is 18.9 Å². The summed E-state index contributed by atoms with van der Waals surface area (Å²) in [6.45, 7) is 1.45. The Morgan fingerprint density at radius 3 is 2.60 bits per heavy atom. The number of carbonyl (C=O) groups is 2. The van der Waals surface area contributed by atoms with Crippen LogP contribution in [0.1, 0.15) is 13.3 Å². The highest BCUT2D eigenvalue weighted by atomic mass is 16.5. The molecule has 0 heterocycles. The molecule has 2 N–H and O–H groups in total. The largest absolute Gasteiger partial charge is 0.468 e. The molecule has 0 spiro atoms. The van der Waals surface area contributed by atoms with Gasteiger partial charge in [0.25, 0.3) is 0 Å². The summed E-state index contributed by atoms with van der Waals surface area (Å²) in [6, 6.07) is 0. The van der Waals surface area contributed by atoms with Crippen molar-refractivity contribution in [3.63, 3.8) is 0 Å². The van der Waals surface area contributed by atoms with Crippen LogP contribution in [0.3, 0.4) is 0 Å². The summed E-state index contributed by atoms with van der Waals surface area (Å²) in [5, 5.41) is 0. The van der Waals surface area contributed by atoms with Crippen LogP contribution < -0.4 is 5.73 Å². The second-order valence-corrected chi connectivity index (χ2v) is 2.28. The maximum absolute atomic E-state index is 10.7. The SMILES string of the molecule is COC(=O)C(C)(N)CC=O. The number of hydrogen-bond donors (Lipinski definition) is 1. The smallest absolute Gasteiger partial charge is 0.325 e. The molecule has 0 rings (SSSR count). The molecular weight excluding hydrogens is 134 g/mol. The first kappa shape index (κ1) is 9.10. The number of aldehydes is 1. The number of carbonyl (C=O) groups excluding carboxylic acids is 2. The van der Waals surface area contributed by atoms with Crippen molar-refractivity contribution >= 4 is 12.3 Å². The lowest BCUT2D eigenvalue weighted by atomic mass is 10.0. The van der Waals surface area contributed by atoms with Crippen molar-refractivity contribution in [3.8, 4) is 0 Å². The Bertz CT molecular complexity index is 142. The van der Waals surface area contributed by atoms with Gasteiger partial charge in [0.15, 0.2) is 0 Å². The molecule has 0 aromatic rings. The van der Waals surface area contributed by atoms with Crippen LogP contribution >= 0.6 is 0 Å². The fraction of sp³-hybridized carbons (Fsp3) is 0.667. The molecule has 0 saturated carbocycles. The molecule has 0 amide bonds. The van der Waals surface area contributed by atoms with E-state index < -0.39 is 11.5 Å². The summed E-state index contributed by atoms with van der Waals surface area (Å²) in [4.78, 5) is 20.7. The minimum absolute atomic E-state index is 0.0142. The monoisotopic (exact) mass is 145 g/mol. The van der Waals surface area contributed by atoms with Gasteiger partial charge in [0.2, 0.25) is 0 Å². The molecular formula is C6H11NO3. The minimum Gasteiger partial charge on any atom is -0.468 e. The Morgan fingerprint density at radius 1 is 1.80 bits per heavy atom. The van der Waals surface area contributed by atoms with Crippen molar-refractivity contribution in [1.82, 2.24) is 0 Å². The molecule has 0 aliphatic heterocycles. The summed E-state index contributed by atoms with van der Waals surface area (Å²) in [7, 11) is 1.23. The van der Waals surface area contributed by atoms with E-state index in [0.29, 0.717) is 6.29 Å². The number of hydrogen-bond acceptors (Lipinski definition) is 4. The van der Waals surface area contributed by atoms with Gasteiger partial charge in [-0.3, -0.25) is 4.79 Å². The quantitative estimate of drug-likeness (QED) is 0.428. The van der Waals surface area contributed by atoms with Crippen LogP contribution in [-0.2, 0) is 14.3 Å². The van der Waals surface area contributed by atoms with Gasteiger partial charge < -0.3 is 15.3 Å². The molecule has 1 atom stereocenters. The van der Waals surface area contributed by atoms with E-state index in [0.717, 1.165) is 0 Å². The number of esters is 1. The first-order valence-electron chi connectivity index (χ1n) is 2.85. The fourth-order valence-corrected chi connectivity index (χ4v) is 0.490. The molecule has 0 bridgehead atoms.